The number of fused-ring (bicyclic) bond motifs is 9. The molecule has 0 amide bonds. The lowest BCUT2D eigenvalue weighted by molar-refractivity contribution is 0.249. The van der Waals surface area contributed by atoms with Crippen LogP contribution in [0, 0.1) is 34.9 Å². The minimum atomic E-state index is -0.468. The molecule has 0 saturated heterocycles. The van der Waals surface area contributed by atoms with Crippen LogP contribution in [-0.2, 0) is 0 Å². The summed E-state index contributed by atoms with van der Waals surface area (Å²) in [6.07, 6.45) is 5.61. The van der Waals surface area contributed by atoms with Crippen LogP contribution in [0.1, 0.15) is 47.9 Å². The number of anilines is 1. The fourth-order valence-corrected chi connectivity index (χ4v) is 6.46. The summed E-state index contributed by atoms with van der Waals surface area (Å²) in [6, 6.07) is 8.85. The van der Waals surface area contributed by atoms with E-state index in [9.17, 15) is 9.65 Å². The SMILES string of the molecule is N#Cc1cc([C@@H]2Nc3c(Cl)cc4[nH]ncc4c3[C@H]3[C@@H]4CC[C@H](C4)[C@H]32)ccc1F. The third-order valence-electron chi connectivity index (χ3n) is 7.21. The van der Waals surface area contributed by atoms with Gasteiger partial charge in [-0.3, -0.25) is 5.10 Å². The molecule has 2 saturated carbocycles. The predicted octanol–water partition coefficient (Wildman–Crippen LogP) is 5.52. The first-order valence-electron chi connectivity index (χ1n) is 9.77. The van der Waals surface area contributed by atoms with Crippen molar-refractivity contribution in [1.29, 1.82) is 5.26 Å². The minimum Gasteiger partial charge on any atom is -0.376 e. The largest absolute Gasteiger partial charge is 0.376 e. The molecule has 140 valence electrons. The lowest BCUT2D eigenvalue weighted by Gasteiger charge is -2.44. The Labute approximate surface area is 166 Å². The molecular weight excluding hydrogens is 375 g/mol. The zero-order valence-electron chi connectivity index (χ0n) is 15.0. The van der Waals surface area contributed by atoms with Gasteiger partial charge < -0.3 is 5.32 Å². The van der Waals surface area contributed by atoms with E-state index in [-0.39, 0.29) is 11.6 Å². The molecule has 1 aliphatic heterocycles. The van der Waals surface area contributed by atoms with Crippen LogP contribution in [0.3, 0.4) is 0 Å². The van der Waals surface area contributed by atoms with Crippen molar-refractivity contribution in [2.75, 3.05) is 5.32 Å². The number of aromatic nitrogens is 2. The fourth-order valence-electron chi connectivity index (χ4n) is 6.20. The monoisotopic (exact) mass is 392 g/mol. The average Bonchev–Trinajstić information content (AvgIpc) is 3.44. The number of nitrogens with one attached hydrogen (secondary N) is 2. The number of H-pyrrole nitrogens is 1. The topological polar surface area (TPSA) is 64.5 Å². The van der Waals surface area contributed by atoms with Crippen molar-refractivity contribution in [3.05, 3.63) is 58.0 Å². The standard InChI is InChI=1S/C22H18ClFN4/c23-15-7-17-14(9-26-28-17)20-18-10-1-2-11(5-10)19(18)21(27-22(15)20)12-3-4-16(24)13(6-12)8-25/h3-4,6-7,9-11,18-19,21,27H,1-2,5H2,(H,26,28)/t10-,11-,18+,19-,21+/m1/s1. The molecule has 2 N–H and O–H groups in total. The minimum absolute atomic E-state index is 0.0300. The number of nitrogens with zero attached hydrogens (tertiary/aromatic N) is 2. The smallest absolute Gasteiger partial charge is 0.140 e. The van der Waals surface area contributed by atoms with Crippen LogP contribution in [0.5, 0.6) is 0 Å². The highest BCUT2D eigenvalue weighted by Crippen LogP contribution is 2.65. The maximum absolute atomic E-state index is 13.9. The molecule has 6 heteroatoms. The summed E-state index contributed by atoms with van der Waals surface area (Å²) in [5, 5.41) is 22.1. The van der Waals surface area contributed by atoms with Crippen molar-refractivity contribution in [1.82, 2.24) is 10.2 Å². The molecule has 0 unspecified atom stereocenters. The van der Waals surface area contributed by atoms with Crippen LogP contribution in [0.2, 0.25) is 5.02 Å². The number of aromatic amines is 1. The number of rotatable bonds is 1. The van der Waals surface area contributed by atoms with Crippen molar-refractivity contribution < 1.29 is 4.39 Å². The molecular formula is C22H18ClFN4. The second-order valence-corrected chi connectivity index (χ2v) is 8.79. The van der Waals surface area contributed by atoms with Crippen LogP contribution in [0.25, 0.3) is 10.9 Å². The van der Waals surface area contributed by atoms with E-state index in [4.69, 9.17) is 11.6 Å². The van der Waals surface area contributed by atoms with Gasteiger partial charge in [-0.05, 0) is 72.3 Å². The molecule has 1 aromatic heterocycles. The molecule has 4 nitrogen and oxygen atoms in total. The first-order valence-corrected chi connectivity index (χ1v) is 10.1. The molecule has 0 radical (unpaired) electrons. The molecule has 2 aliphatic carbocycles. The molecule has 2 bridgehead atoms. The number of hydrogen-bond acceptors (Lipinski definition) is 3. The van der Waals surface area contributed by atoms with Gasteiger partial charge in [-0.2, -0.15) is 10.4 Å². The number of hydrogen-bond donors (Lipinski definition) is 2. The van der Waals surface area contributed by atoms with Gasteiger partial charge in [0.2, 0.25) is 0 Å². The molecule has 5 atom stereocenters. The fraction of sp³-hybridized carbons (Fsp3) is 0.364. The summed E-state index contributed by atoms with van der Waals surface area (Å²) < 4.78 is 13.9. The summed E-state index contributed by atoms with van der Waals surface area (Å²) in [5.74, 6) is 1.64. The summed E-state index contributed by atoms with van der Waals surface area (Å²) in [7, 11) is 0. The van der Waals surface area contributed by atoms with E-state index in [0.717, 1.165) is 22.2 Å². The van der Waals surface area contributed by atoms with E-state index in [0.29, 0.717) is 28.7 Å². The van der Waals surface area contributed by atoms with Gasteiger partial charge in [0.1, 0.15) is 11.9 Å². The van der Waals surface area contributed by atoms with Gasteiger partial charge in [0, 0.05) is 5.39 Å². The Morgan fingerprint density at radius 3 is 2.93 bits per heavy atom. The Balaban J connectivity index is 1.57. The van der Waals surface area contributed by atoms with Crippen molar-refractivity contribution in [3.63, 3.8) is 0 Å². The maximum Gasteiger partial charge on any atom is 0.140 e. The van der Waals surface area contributed by atoms with Crippen molar-refractivity contribution >= 4 is 28.2 Å². The number of benzene rings is 2. The van der Waals surface area contributed by atoms with Gasteiger partial charge in [-0.15, -0.1) is 0 Å². The summed E-state index contributed by atoms with van der Waals surface area (Å²) >= 11 is 6.68. The number of halogens is 2. The second-order valence-electron chi connectivity index (χ2n) is 8.39. The second kappa shape index (κ2) is 5.71. The van der Waals surface area contributed by atoms with E-state index in [2.05, 4.69) is 15.5 Å². The molecule has 2 fully saturated rings. The third kappa shape index (κ3) is 2.07. The van der Waals surface area contributed by atoms with Gasteiger partial charge in [0.25, 0.3) is 0 Å². The van der Waals surface area contributed by atoms with Gasteiger partial charge in [0.15, 0.2) is 0 Å². The summed E-state index contributed by atoms with van der Waals surface area (Å²) in [6.45, 7) is 0. The van der Waals surface area contributed by atoms with E-state index in [1.807, 2.05) is 24.4 Å². The Hall–Kier alpha value is -2.58. The first kappa shape index (κ1) is 16.4. The van der Waals surface area contributed by atoms with Crippen LogP contribution in [0.4, 0.5) is 10.1 Å². The summed E-state index contributed by atoms with van der Waals surface area (Å²) in [4.78, 5) is 0. The first-order chi connectivity index (χ1) is 13.7. The third-order valence-corrected chi connectivity index (χ3v) is 7.50. The molecule has 2 heterocycles. The highest BCUT2D eigenvalue weighted by atomic mass is 35.5. The van der Waals surface area contributed by atoms with Crippen LogP contribution in [0.15, 0.2) is 30.5 Å². The Kier molecular flexibility index (Phi) is 3.34. The maximum atomic E-state index is 13.9. The van der Waals surface area contributed by atoms with Crippen LogP contribution < -0.4 is 5.32 Å². The highest BCUT2D eigenvalue weighted by Gasteiger charge is 2.54. The molecule has 3 aromatic rings. The van der Waals surface area contributed by atoms with E-state index in [1.54, 1.807) is 6.07 Å². The van der Waals surface area contributed by atoms with E-state index < -0.39 is 5.82 Å². The predicted molar refractivity (Wildman–Crippen MR) is 106 cm³/mol. The molecule has 0 spiro atoms. The normalized spacial score (nSPS) is 30.0. The zero-order chi connectivity index (χ0) is 19.0. The molecule has 3 aliphatic rings. The Morgan fingerprint density at radius 2 is 2.07 bits per heavy atom. The van der Waals surface area contributed by atoms with Crippen molar-refractivity contribution in [3.8, 4) is 6.07 Å². The van der Waals surface area contributed by atoms with Gasteiger partial charge in [-0.1, -0.05) is 17.7 Å². The van der Waals surface area contributed by atoms with Gasteiger partial charge in [-0.25, -0.2) is 4.39 Å². The lowest BCUT2D eigenvalue weighted by atomic mass is 9.67. The van der Waals surface area contributed by atoms with Crippen molar-refractivity contribution in [2.24, 2.45) is 17.8 Å². The number of nitriles is 1. The van der Waals surface area contributed by atoms with Crippen LogP contribution in [-0.4, -0.2) is 10.2 Å². The van der Waals surface area contributed by atoms with E-state index >= 15 is 0 Å². The van der Waals surface area contributed by atoms with E-state index in [1.165, 1.54) is 30.9 Å². The highest BCUT2D eigenvalue weighted by molar-refractivity contribution is 6.34. The Bertz CT molecular complexity index is 1160. The average molecular weight is 393 g/mol. The molecule has 6 rings (SSSR count). The van der Waals surface area contributed by atoms with Gasteiger partial charge in [0.05, 0.1) is 34.0 Å². The van der Waals surface area contributed by atoms with Gasteiger partial charge >= 0.3 is 0 Å². The quantitative estimate of drug-likeness (QED) is 0.572. The zero-order valence-corrected chi connectivity index (χ0v) is 15.8. The summed E-state index contributed by atoms with van der Waals surface area (Å²) in [5.41, 5.74) is 4.29. The molecule has 2 aromatic carbocycles. The molecule has 28 heavy (non-hydrogen) atoms. The lowest BCUT2D eigenvalue weighted by Crippen LogP contribution is -2.35. The Morgan fingerprint density at radius 1 is 1.21 bits per heavy atom. The van der Waals surface area contributed by atoms with Crippen LogP contribution >= 0.6 is 11.6 Å². The van der Waals surface area contributed by atoms with Crippen molar-refractivity contribution in [2.45, 2.75) is 31.2 Å².